The Morgan fingerprint density at radius 1 is 1.17 bits per heavy atom. The van der Waals surface area contributed by atoms with E-state index < -0.39 is 35.1 Å². The van der Waals surface area contributed by atoms with Gasteiger partial charge in [-0.05, 0) is 44.6 Å². The number of nitrogens with zero attached hydrogens (tertiary/aromatic N) is 1. The molecule has 1 spiro atoms. The maximum absolute atomic E-state index is 14.1. The van der Waals surface area contributed by atoms with Gasteiger partial charge in [-0.1, -0.05) is 57.5 Å². The van der Waals surface area contributed by atoms with E-state index in [1.54, 1.807) is 4.90 Å². The van der Waals surface area contributed by atoms with Gasteiger partial charge in [0, 0.05) is 12.6 Å². The van der Waals surface area contributed by atoms with Crippen molar-refractivity contribution in [1.82, 2.24) is 15.5 Å². The van der Waals surface area contributed by atoms with E-state index in [1.807, 2.05) is 58.0 Å². The van der Waals surface area contributed by atoms with Crippen LogP contribution in [0.3, 0.4) is 0 Å². The van der Waals surface area contributed by atoms with Gasteiger partial charge in [0.1, 0.15) is 11.6 Å². The molecule has 0 aromatic heterocycles. The summed E-state index contributed by atoms with van der Waals surface area (Å²) in [6.45, 7) is 9.86. The summed E-state index contributed by atoms with van der Waals surface area (Å²) in [7, 11) is 0. The summed E-state index contributed by atoms with van der Waals surface area (Å²) in [5.74, 6) is -2.31. The molecule has 3 fully saturated rings. The number of amides is 3. The van der Waals surface area contributed by atoms with Crippen LogP contribution in [-0.4, -0.2) is 63.7 Å². The molecule has 3 heterocycles. The summed E-state index contributed by atoms with van der Waals surface area (Å²) in [6.07, 6.45) is 2.86. The summed E-state index contributed by atoms with van der Waals surface area (Å²) in [4.78, 5) is 43.0. The van der Waals surface area contributed by atoms with Crippen LogP contribution in [0.5, 0.6) is 0 Å². The lowest BCUT2D eigenvalue weighted by Gasteiger charge is -2.39. The fourth-order valence-electron chi connectivity index (χ4n) is 6.76. The van der Waals surface area contributed by atoms with Crippen molar-refractivity contribution >= 4 is 17.7 Å². The van der Waals surface area contributed by atoms with Crippen molar-refractivity contribution in [3.63, 3.8) is 0 Å². The number of likely N-dealkylation sites (tertiary alicyclic amines) is 1. The average Bonchev–Trinajstić information content (AvgIpc) is 3.40. The number of nitrogens with one attached hydrogen (secondary N) is 2. The third kappa shape index (κ3) is 4.32. The molecule has 0 saturated carbocycles. The molecule has 3 amide bonds. The maximum atomic E-state index is 14.1. The number of hydrogen-bond donors (Lipinski definition) is 3. The number of benzene rings is 1. The summed E-state index contributed by atoms with van der Waals surface area (Å²) >= 11 is 0. The van der Waals surface area contributed by atoms with Gasteiger partial charge < -0.3 is 25.4 Å². The Hall–Kier alpha value is -2.45. The lowest BCUT2D eigenvalue weighted by Crippen LogP contribution is -2.59. The molecule has 4 rings (SSSR count). The fraction of sp³-hybridized carbons (Fsp3) is 0.679. The molecular weight excluding hydrogens is 458 g/mol. The Kier molecular flexibility index (Phi) is 7.49. The molecule has 3 aliphatic rings. The minimum atomic E-state index is -1.08. The number of carbonyl (C=O) groups is 3. The van der Waals surface area contributed by atoms with Gasteiger partial charge in [0.15, 0.2) is 0 Å². The summed E-state index contributed by atoms with van der Waals surface area (Å²) in [6, 6.07) is 8.15. The lowest BCUT2D eigenvalue weighted by molar-refractivity contribution is -0.151. The second kappa shape index (κ2) is 10.1. The summed E-state index contributed by atoms with van der Waals surface area (Å²) in [5.41, 5.74) is -0.942. The number of aliphatic hydroxyl groups excluding tert-OH is 1. The van der Waals surface area contributed by atoms with Crippen LogP contribution in [0.2, 0.25) is 0 Å². The topological polar surface area (TPSA) is 108 Å². The molecule has 8 heteroatoms. The number of rotatable bonds is 10. The van der Waals surface area contributed by atoms with Crippen molar-refractivity contribution in [3.8, 4) is 0 Å². The van der Waals surface area contributed by atoms with Crippen molar-refractivity contribution in [2.75, 3.05) is 6.61 Å². The smallest absolute Gasteiger partial charge is 0.246 e. The van der Waals surface area contributed by atoms with E-state index in [0.29, 0.717) is 19.4 Å². The fourth-order valence-corrected chi connectivity index (χ4v) is 6.76. The highest BCUT2D eigenvalue weighted by Crippen LogP contribution is 2.63. The van der Waals surface area contributed by atoms with Crippen molar-refractivity contribution in [1.29, 1.82) is 0 Å². The maximum Gasteiger partial charge on any atom is 0.246 e. The van der Waals surface area contributed by atoms with Crippen LogP contribution in [0.1, 0.15) is 65.9 Å². The zero-order valence-corrected chi connectivity index (χ0v) is 22.1. The summed E-state index contributed by atoms with van der Waals surface area (Å²) in [5, 5.41) is 16.4. The third-order valence-electron chi connectivity index (χ3n) is 8.48. The molecule has 198 valence electrons. The predicted octanol–water partition coefficient (Wildman–Crippen LogP) is 2.39. The number of ether oxygens (including phenoxy) is 1. The van der Waals surface area contributed by atoms with Crippen LogP contribution < -0.4 is 10.6 Å². The second-order valence-corrected chi connectivity index (χ2v) is 11.4. The molecular formula is C28H41N3O5. The molecule has 3 unspecified atom stereocenters. The first kappa shape index (κ1) is 26.6. The summed E-state index contributed by atoms with van der Waals surface area (Å²) < 4.78 is 6.64. The number of hydrogen-bond acceptors (Lipinski definition) is 5. The first-order valence-electron chi connectivity index (χ1n) is 13.3. The molecule has 3 aliphatic heterocycles. The average molecular weight is 500 g/mol. The molecule has 36 heavy (non-hydrogen) atoms. The molecule has 1 aromatic rings. The quantitative estimate of drug-likeness (QED) is 0.458. The van der Waals surface area contributed by atoms with Crippen LogP contribution in [0, 0.1) is 17.8 Å². The van der Waals surface area contributed by atoms with Crippen LogP contribution in [0.4, 0.5) is 0 Å². The zero-order chi connectivity index (χ0) is 26.3. The molecule has 8 nitrogen and oxygen atoms in total. The first-order chi connectivity index (χ1) is 17.1. The molecule has 2 bridgehead atoms. The Morgan fingerprint density at radius 3 is 2.47 bits per heavy atom. The highest BCUT2D eigenvalue weighted by molar-refractivity contribution is 5.99. The highest BCUT2D eigenvalue weighted by Gasteiger charge is 2.78. The van der Waals surface area contributed by atoms with Gasteiger partial charge in [-0.15, -0.1) is 0 Å². The van der Waals surface area contributed by atoms with E-state index >= 15 is 0 Å². The van der Waals surface area contributed by atoms with E-state index in [9.17, 15) is 19.5 Å². The van der Waals surface area contributed by atoms with Gasteiger partial charge in [-0.3, -0.25) is 14.4 Å². The molecule has 3 saturated heterocycles. The van der Waals surface area contributed by atoms with Gasteiger partial charge >= 0.3 is 0 Å². The second-order valence-electron chi connectivity index (χ2n) is 11.4. The Morgan fingerprint density at radius 2 is 1.86 bits per heavy atom. The van der Waals surface area contributed by atoms with E-state index in [4.69, 9.17) is 4.74 Å². The van der Waals surface area contributed by atoms with E-state index in [0.717, 1.165) is 18.4 Å². The third-order valence-corrected chi connectivity index (χ3v) is 8.48. The number of fused-ring (bicyclic) bond motifs is 1. The number of carbonyl (C=O) groups excluding carboxylic acids is 3. The van der Waals surface area contributed by atoms with Crippen LogP contribution >= 0.6 is 0 Å². The molecule has 0 radical (unpaired) electrons. The monoisotopic (exact) mass is 499 g/mol. The SMILES string of the molecule is CCCC(C)NC(=O)C1N([C@@H](CO)C(C)C)C(=O)[C@@H]2[C@@H](C(=O)NCc3ccccc3)[C@@]3(C)CCC12O3. The van der Waals surface area contributed by atoms with Gasteiger partial charge in [0.25, 0.3) is 0 Å². The molecule has 7 atom stereocenters. The normalized spacial score (nSPS) is 32.5. The molecule has 3 N–H and O–H groups in total. The van der Waals surface area contributed by atoms with Gasteiger partial charge in [0.2, 0.25) is 17.7 Å². The predicted molar refractivity (Wildman–Crippen MR) is 136 cm³/mol. The van der Waals surface area contributed by atoms with Gasteiger partial charge in [0.05, 0.1) is 30.1 Å². The van der Waals surface area contributed by atoms with E-state index in [1.165, 1.54) is 0 Å². The molecule has 0 aliphatic carbocycles. The van der Waals surface area contributed by atoms with E-state index in [2.05, 4.69) is 17.6 Å². The van der Waals surface area contributed by atoms with Crippen molar-refractivity contribution in [2.24, 2.45) is 17.8 Å². The number of aliphatic hydroxyl groups is 1. The van der Waals surface area contributed by atoms with Crippen molar-refractivity contribution in [2.45, 2.75) is 96.2 Å². The molecule has 1 aromatic carbocycles. The Bertz CT molecular complexity index is 985. The van der Waals surface area contributed by atoms with Gasteiger partial charge in [-0.25, -0.2) is 0 Å². The standard InChI is InChI=1S/C28H41N3O5/c1-6-10-18(4)30-25(34)23-28-14-13-27(5,36-28)21(24(33)29-15-19-11-8-7-9-12-19)22(28)26(35)31(23)20(16-32)17(2)3/h7-9,11-12,17-18,20-23,32H,6,10,13-16H2,1-5H3,(H,29,33)(H,30,34)/t18?,20-,21-,22-,23?,27+,28?/m0/s1. The first-order valence-corrected chi connectivity index (χ1v) is 13.3. The zero-order valence-electron chi connectivity index (χ0n) is 22.1. The van der Waals surface area contributed by atoms with Crippen LogP contribution in [0.25, 0.3) is 0 Å². The van der Waals surface area contributed by atoms with Crippen molar-refractivity contribution < 1.29 is 24.2 Å². The van der Waals surface area contributed by atoms with Crippen LogP contribution in [0.15, 0.2) is 30.3 Å². The Balaban J connectivity index is 1.69. The lowest BCUT2D eigenvalue weighted by atomic mass is 9.66. The van der Waals surface area contributed by atoms with E-state index in [-0.39, 0.29) is 36.3 Å². The van der Waals surface area contributed by atoms with Crippen LogP contribution in [-0.2, 0) is 25.7 Å². The minimum absolute atomic E-state index is 0.0549. The van der Waals surface area contributed by atoms with Gasteiger partial charge in [-0.2, -0.15) is 0 Å². The minimum Gasteiger partial charge on any atom is -0.394 e. The Labute approximate surface area is 214 Å². The van der Waals surface area contributed by atoms with Crippen molar-refractivity contribution in [3.05, 3.63) is 35.9 Å². The highest BCUT2D eigenvalue weighted by atomic mass is 16.5. The largest absolute Gasteiger partial charge is 0.394 e.